The maximum atomic E-state index is 13.2. The Labute approximate surface area is 193 Å². The van der Waals surface area contributed by atoms with Gasteiger partial charge in [-0.1, -0.05) is 55.7 Å². The summed E-state index contributed by atoms with van der Waals surface area (Å²) in [5, 5.41) is 16.6. The Bertz CT molecular complexity index is 1150. The van der Waals surface area contributed by atoms with Gasteiger partial charge in [-0.05, 0) is 37.1 Å². The quantitative estimate of drug-likeness (QED) is 0.406. The van der Waals surface area contributed by atoms with Crippen molar-refractivity contribution >= 4 is 27.8 Å². The van der Waals surface area contributed by atoms with E-state index in [-0.39, 0.29) is 18.6 Å². The minimum atomic E-state index is -0.726. The van der Waals surface area contributed by atoms with E-state index >= 15 is 0 Å². The smallest absolute Gasteiger partial charge is 0.318 e. The molecular weight excluding hydrogens is 414 g/mol. The Morgan fingerprint density at radius 2 is 1.67 bits per heavy atom. The average Bonchev–Trinajstić information content (AvgIpc) is 3.46. The second-order valence-corrected chi connectivity index (χ2v) is 9.04. The van der Waals surface area contributed by atoms with E-state index in [1.165, 1.54) is 17.2 Å². The molecular formula is C27H31N3O3. The first-order valence-electron chi connectivity index (χ1n) is 11.9. The first-order valence-corrected chi connectivity index (χ1v) is 11.9. The molecule has 2 amide bonds. The van der Waals surface area contributed by atoms with E-state index < -0.39 is 6.10 Å². The number of hydrogen-bond acceptors (Lipinski definition) is 3. The fraction of sp³-hybridized carbons (Fsp3) is 0.370. The molecule has 1 aliphatic carbocycles. The van der Waals surface area contributed by atoms with E-state index in [9.17, 15) is 9.90 Å². The number of urea groups is 1. The SMILES string of the molecule is O=C(NC1CCCCC1)N(Cc1ccco1)C[C@H](O)Cn1c2ccccc2c2ccccc21. The first kappa shape index (κ1) is 21.6. The molecule has 2 aromatic carbocycles. The number of aliphatic hydroxyl groups is 1. The molecule has 1 fully saturated rings. The molecule has 2 heterocycles. The predicted octanol–water partition coefficient (Wildman–Crippen LogP) is 5.29. The fourth-order valence-electron chi connectivity index (χ4n) is 5.05. The van der Waals surface area contributed by atoms with Gasteiger partial charge in [0, 0.05) is 27.8 Å². The molecule has 4 aromatic rings. The first-order chi connectivity index (χ1) is 16.2. The maximum absolute atomic E-state index is 13.2. The van der Waals surface area contributed by atoms with Gasteiger partial charge in [0.05, 0.1) is 32.0 Å². The van der Waals surface area contributed by atoms with Crippen molar-refractivity contribution in [1.82, 2.24) is 14.8 Å². The van der Waals surface area contributed by atoms with Crippen LogP contribution < -0.4 is 5.32 Å². The molecule has 1 atom stereocenters. The van der Waals surface area contributed by atoms with E-state index in [4.69, 9.17) is 4.42 Å². The molecule has 0 radical (unpaired) electrons. The summed E-state index contributed by atoms with van der Waals surface area (Å²) in [6.45, 7) is 0.954. The van der Waals surface area contributed by atoms with Crippen LogP contribution in [0.25, 0.3) is 21.8 Å². The lowest BCUT2D eigenvalue weighted by atomic mass is 9.96. The third kappa shape index (κ3) is 4.76. The number of carbonyl (C=O) groups excluding carboxylic acids is 1. The Kier molecular flexibility index (Phi) is 6.35. The molecule has 0 unspecified atom stereocenters. The van der Waals surface area contributed by atoms with Crippen LogP contribution >= 0.6 is 0 Å². The number of amides is 2. The Balaban J connectivity index is 1.36. The molecule has 5 rings (SSSR count). The molecule has 33 heavy (non-hydrogen) atoms. The van der Waals surface area contributed by atoms with Crippen molar-refractivity contribution in [1.29, 1.82) is 0 Å². The Morgan fingerprint density at radius 1 is 1.00 bits per heavy atom. The molecule has 0 saturated heterocycles. The predicted molar refractivity (Wildman–Crippen MR) is 130 cm³/mol. The van der Waals surface area contributed by atoms with Crippen LogP contribution in [-0.2, 0) is 13.1 Å². The molecule has 6 nitrogen and oxygen atoms in total. The van der Waals surface area contributed by atoms with Gasteiger partial charge in [-0.3, -0.25) is 0 Å². The largest absolute Gasteiger partial charge is 0.467 e. The van der Waals surface area contributed by atoms with Crippen LogP contribution in [0.3, 0.4) is 0 Å². The second kappa shape index (κ2) is 9.71. The monoisotopic (exact) mass is 445 g/mol. The number of aliphatic hydroxyl groups excluding tert-OH is 1. The van der Waals surface area contributed by atoms with E-state index in [1.54, 1.807) is 11.2 Å². The summed E-state index contributed by atoms with van der Waals surface area (Å²) in [6.07, 6.45) is 6.46. The highest BCUT2D eigenvalue weighted by Gasteiger charge is 2.24. The Hall–Kier alpha value is -3.25. The zero-order valence-electron chi connectivity index (χ0n) is 18.8. The number of nitrogens with one attached hydrogen (secondary N) is 1. The van der Waals surface area contributed by atoms with Crippen molar-refractivity contribution in [3.8, 4) is 0 Å². The van der Waals surface area contributed by atoms with Crippen molar-refractivity contribution < 1.29 is 14.3 Å². The number of nitrogens with zero attached hydrogens (tertiary/aromatic N) is 2. The molecule has 0 aliphatic heterocycles. The van der Waals surface area contributed by atoms with Crippen LogP contribution in [0.4, 0.5) is 4.79 Å². The third-order valence-electron chi connectivity index (χ3n) is 6.65. The van der Waals surface area contributed by atoms with Gasteiger partial charge in [0.25, 0.3) is 0 Å². The number of rotatable bonds is 7. The minimum Gasteiger partial charge on any atom is -0.467 e. The number of aromatic nitrogens is 1. The van der Waals surface area contributed by atoms with Crippen molar-refractivity contribution in [3.05, 3.63) is 72.7 Å². The average molecular weight is 446 g/mol. The normalized spacial score (nSPS) is 15.7. The summed E-state index contributed by atoms with van der Waals surface area (Å²) in [6, 6.07) is 20.3. The van der Waals surface area contributed by atoms with E-state index in [0.717, 1.165) is 36.7 Å². The molecule has 0 bridgehead atoms. The summed E-state index contributed by atoms with van der Waals surface area (Å²) in [4.78, 5) is 14.8. The van der Waals surface area contributed by atoms with E-state index in [2.05, 4.69) is 34.1 Å². The van der Waals surface area contributed by atoms with E-state index in [0.29, 0.717) is 18.8 Å². The topological polar surface area (TPSA) is 70.6 Å². The fourth-order valence-corrected chi connectivity index (χ4v) is 5.05. The standard InChI is InChI=1S/C27H31N3O3/c31-21(18-30-25-14-6-4-12-23(25)24-13-5-7-15-26(24)30)17-29(19-22-11-8-16-33-22)27(32)28-20-9-2-1-3-10-20/h4-8,11-16,20-21,31H,1-3,9-10,17-19H2,(H,28,32)/t21-/m0/s1. The number of hydrogen-bond donors (Lipinski definition) is 2. The molecule has 2 N–H and O–H groups in total. The second-order valence-electron chi connectivity index (χ2n) is 9.04. The van der Waals surface area contributed by atoms with Gasteiger partial charge in [-0.2, -0.15) is 0 Å². The number of carbonyl (C=O) groups is 1. The van der Waals surface area contributed by atoms with Gasteiger partial charge in [-0.15, -0.1) is 0 Å². The summed E-state index contributed by atoms with van der Waals surface area (Å²) < 4.78 is 7.65. The lowest BCUT2D eigenvalue weighted by Crippen LogP contribution is -2.48. The highest BCUT2D eigenvalue weighted by molar-refractivity contribution is 6.07. The molecule has 1 aliphatic rings. The number of benzene rings is 2. The minimum absolute atomic E-state index is 0.139. The maximum Gasteiger partial charge on any atom is 0.318 e. The lowest BCUT2D eigenvalue weighted by molar-refractivity contribution is 0.101. The van der Waals surface area contributed by atoms with Crippen LogP contribution in [-0.4, -0.2) is 39.3 Å². The zero-order chi connectivity index (χ0) is 22.6. The molecule has 6 heteroatoms. The van der Waals surface area contributed by atoms with Gasteiger partial charge >= 0.3 is 6.03 Å². The van der Waals surface area contributed by atoms with Gasteiger partial charge in [0.2, 0.25) is 0 Å². The van der Waals surface area contributed by atoms with Crippen LogP contribution in [0.1, 0.15) is 37.9 Å². The van der Waals surface area contributed by atoms with Gasteiger partial charge in [0.15, 0.2) is 0 Å². The van der Waals surface area contributed by atoms with Crippen molar-refractivity contribution in [2.75, 3.05) is 6.54 Å². The summed E-state index contributed by atoms with van der Waals surface area (Å²) in [7, 11) is 0. The van der Waals surface area contributed by atoms with Crippen LogP contribution in [0.5, 0.6) is 0 Å². The highest BCUT2D eigenvalue weighted by atomic mass is 16.3. The third-order valence-corrected chi connectivity index (χ3v) is 6.65. The molecule has 2 aromatic heterocycles. The highest BCUT2D eigenvalue weighted by Crippen LogP contribution is 2.29. The van der Waals surface area contributed by atoms with Crippen molar-refractivity contribution in [2.24, 2.45) is 0 Å². The van der Waals surface area contributed by atoms with Crippen molar-refractivity contribution in [3.63, 3.8) is 0 Å². The van der Waals surface area contributed by atoms with Gasteiger partial charge in [0.1, 0.15) is 5.76 Å². The summed E-state index contributed by atoms with van der Waals surface area (Å²) in [5.74, 6) is 0.706. The summed E-state index contributed by atoms with van der Waals surface area (Å²) in [5.41, 5.74) is 2.17. The summed E-state index contributed by atoms with van der Waals surface area (Å²) >= 11 is 0. The van der Waals surface area contributed by atoms with Crippen LogP contribution in [0, 0.1) is 0 Å². The van der Waals surface area contributed by atoms with E-state index in [1.807, 2.05) is 36.4 Å². The van der Waals surface area contributed by atoms with Crippen LogP contribution in [0.15, 0.2) is 71.3 Å². The Morgan fingerprint density at radius 3 is 2.30 bits per heavy atom. The van der Waals surface area contributed by atoms with Crippen LogP contribution in [0.2, 0.25) is 0 Å². The zero-order valence-corrected chi connectivity index (χ0v) is 18.8. The number of furan rings is 1. The molecule has 172 valence electrons. The van der Waals surface area contributed by atoms with Gasteiger partial charge < -0.3 is 24.3 Å². The van der Waals surface area contributed by atoms with Crippen molar-refractivity contribution in [2.45, 2.75) is 57.3 Å². The molecule has 1 saturated carbocycles. The number of fused-ring (bicyclic) bond motifs is 3. The number of para-hydroxylation sites is 2. The van der Waals surface area contributed by atoms with Gasteiger partial charge in [-0.25, -0.2) is 4.79 Å². The lowest BCUT2D eigenvalue weighted by Gasteiger charge is -2.29. The molecule has 0 spiro atoms.